The molecular formula is C13H15NO2. The molecule has 1 unspecified atom stereocenters. The molecule has 0 aromatic heterocycles. The van der Waals surface area contributed by atoms with E-state index in [0.29, 0.717) is 18.6 Å². The minimum atomic E-state index is -0.935. The summed E-state index contributed by atoms with van der Waals surface area (Å²) in [5, 5.41) is 19.1. The average Bonchev–Trinajstić information content (AvgIpc) is 2.79. The Morgan fingerprint density at radius 3 is 2.94 bits per heavy atom. The van der Waals surface area contributed by atoms with Gasteiger partial charge in [0.25, 0.3) is 0 Å². The molecule has 2 rings (SSSR count). The number of hydrogen-bond acceptors (Lipinski definition) is 3. The maximum Gasteiger partial charge on any atom is 0.183 e. The third kappa shape index (κ3) is 1.66. The van der Waals surface area contributed by atoms with Crippen LogP contribution < -0.4 is 0 Å². The van der Waals surface area contributed by atoms with Gasteiger partial charge in [-0.2, -0.15) is 5.26 Å². The molecule has 0 bridgehead atoms. The fourth-order valence-electron chi connectivity index (χ4n) is 2.13. The third-order valence-electron chi connectivity index (χ3n) is 3.11. The molecule has 0 radical (unpaired) electrons. The van der Waals surface area contributed by atoms with Gasteiger partial charge in [-0.15, -0.1) is 0 Å². The van der Waals surface area contributed by atoms with Crippen LogP contribution in [-0.2, 0) is 16.8 Å². The fraction of sp³-hybridized carbons (Fsp3) is 0.462. The zero-order valence-electron chi connectivity index (χ0n) is 9.36. The van der Waals surface area contributed by atoms with Gasteiger partial charge in [0.1, 0.15) is 11.8 Å². The molecule has 1 heterocycles. The number of aromatic hydroxyl groups is 1. The summed E-state index contributed by atoms with van der Waals surface area (Å²) in [4.78, 5) is 0. The number of rotatable bonds is 2. The normalized spacial score (nSPS) is 24.2. The van der Waals surface area contributed by atoms with Crippen LogP contribution in [0.2, 0.25) is 0 Å². The molecule has 1 N–H and O–H groups in total. The van der Waals surface area contributed by atoms with Crippen LogP contribution in [0.25, 0.3) is 0 Å². The number of phenolic OH excluding ortho intramolecular Hbond substituents is 1. The van der Waals surface area contributed by atoms with E-state index in [1.165, 1.54) is 0 Å². The summed E-state index contributed by atoms with van der Waals surface area (Å²) in [6.45, 7) is 2.63. The molecule has 1 atom stereocenters. The van der Waals surface area contributed by atoms with Crippen LogP contribution in [-0.4, -0.2) is 11.7 Å². The zero-order valence-corrected chi connectivity index (χ0v) is 9.36. The number of ether oxygens (including phenoxy) is 1. The topological polar surface area (TPSA) is 53.2 Å². The Hall–Kier alpha value is -1.53. The molecule has 1 aromatic rings. The number of phenols is 1. The second-order valence-electron chi connectivity index (χ2n) is 4.10. The lowest BCUT2D eigenvalue weighted by molar-refractivity contribution is 0.0475. The fourth-order valence-corrected chi connectivity index (χ4v) is 2.13. The molecule has 3 heteroatoms. The molecule has 1 fully saturated rings. The first-order chi connectivity index (χ1) is 7.72. The third-order valence-corrected chi connectivity index (χ3v) is 3.11. The van der Waals surface area contributed by atoms with Crippen LogP contribution >= 0.6 is 0 Å². The van der Waals surface area contributed by atoms with E-state index in [-0.39, 0.29) is 5.75 Å². The van der Waals surface area contributed by atoms with E-state index in [0.717, 1.165) is 18.4 Å². The molecule has 1 aromatic carbocycles. The zero-order chi connectivity index (χ0) is 11.6. The van der Waals surface area contributed by atoms with Gasteiger partial charge in [-0.3, -0.25) is 0 Å². The van der Waals surface area contributed by atoms with Crippen LogP contribution in [0.4, 0.5) is 0 Å². The molecule has 0 aliphatic carbocycles. The quantitative estimate of drug-likeness (QED) is 0.828. The maximum absolute atomic E-state index is 9.86. The summed E-state index contributed by atoms with van der Waals surface area (Å²) in [5.41, 5.74) is 0.791. The summed E-state index contributed by atoms with van der Waals surface area (Å²) < 4.78 is 5.54. The Labute approximate surface area is 95.3 Å². The standard InChI is InChI=1S/C13H15NO2/c1-2-10-4-5-12(15)11(8-10)13(9-14)6-3-7-16-13/h4-5,8,15H,2-3,6-7H2,1H3. The molecule has 0 spiro atoms. The Bertz CT molecular complexity index is 428. The maximum atomic E-state index is 9.86. The van der Waals surface area contributed by atoms with Gasteiger partial charge in [-0.05, 0) is 37.0 Å². The lowest BCUT2D eigenvalue weighted by atomic mass is 9.90. The number of aryl methyl sites for hydroxylation is 1. The number of benzene rings is 1. The minimum absolute atomic E-state index is 0.153. The van der Waals surface area contributed by atoms with Gasteiger partial charge in [0.05, 0.1) is 0 Å². The number of hydrogen-bond donors (Lipinski definition) is 1. The molecule has 3 nitrogen and oxygen atoms in total. The second-order valence-corrected chi connectivity index (χ2v) is 4.10. The van der Waals surface area contributed by atoms with E-state index >= 15 is 0 Å². The van der Waals surface area contributed by atoms with Crippen molar-refractivity contribution in [3.63, 3.8) is 0 Å². The molecule has 1 aliphatic rings. The van der Waals surface area contributed by atoms with Gasteiger partial charge in [-0.1, -0.05) is 13.0 Å². The van der Waals surface area contributed by atoms with Crippen LogP contribution in [0.3, 0.4) is 0 Å². The van der Waals surface area contributed by atoms with Crippen molar-refractivity contribution in [1.29, 1.82) is 5.26 Å². The average molecular weight is 217 g/mol. The lowest BCUT2D eigenvalue weighted by Crippen LogP contribution is -2.22. The Kier molecular flexibility index (Phi) is 2.84. The predicted octanol–water partition coefficient (Wildman–Crippen LogP) is 2.48. The summed E-state index contributed by atoms with van der Waals surface area (Å²) in [7, 11) is 0. The summed E-state index contributed by atoms with van der Waals surface area (Å²) >= 11 is 0. The van der Waals surface area contributed by atoms with Crippen molar-refractivity contribution in [3.05, 3.63) is 29.3 Å². The second kappa shape index (κ2) is 4.15. The van der Waals surface area contributed by atoms with Gasteiger partial charge < -0.3 is 9.84 Å². The highest BCUT2D eigenvalue weighted by Gasteiger charge is 2.39. The van der Waals surface area contributed by atoms with Gasteiger partial charge >= 0.3 is 0 Å². The van der Waals surface area contributed by atoms with Crippen molar-refractivity contribution in [2.75, 3.05) is 6.61 Å². The Morgan fingerprint density at radius 1 is 1.56 bits per heavy atom. The first kappa shape index (κ1) is 11.0. The van der Waals surface area contributed by atoms with Crippen LogP contribution in [0.15, 0.2) is 18.2 Å². The summed E-state index contributed by atoms with van der Waals surface area (Å²) in [6.07, 6.45) is 2.41. The smallest absolute Gasteiger partial charge is 0.183 e. The van der Waals surface area contributed by atoms with Crippen molar-refractivity contribution >= 4 is 0 Å². The summed E-state index contributed by atoms with van der Waals surface area (Å²) in [6, 6.07) is 7.60. The van der Waals surface area contributed by atoms with E-state index in [1.54, 1.807) is 6.07 Å². The first-order valence-electron chi connectivity index (χ1n) is 5.59. The molecule has 0 saturated carbocycles. The molecule has 0 amide bonds. The van der Waals surface area contributed by atoms with E-state index < -0.39 is 5.60 Å². The minimum Gasteiger partial charge on any atom is -0.508 e. The number of nitriles is 1. The molecule has 1 aliphatic heterocycles. The van der Waals surface area contributed by atoms with E-state index in [2.05, 4.69) is 6.07 Å². The molecule has 16 heavy (non-hydrogen) atoms. The van der Waals surface area contributed by atoms with Crippen LogP contribution in [0, 0.1) is 11.3 Å². The van der Waals surface area contributed by atoms with Crippen molar-refractivity contribution in [2.45, 2.75) is 31.8 Å². The van der Waals surface area contributed by atoms with E-state index in [4.69, 9.17) is 4.74 Å². The monoisotopic (exact) mass is 217 g/mol. The van der Waals surface area contributed by atoms with Crippen molar-refractivity contribution in [3.8, 4) is 11.8 Å². The van der Waals surface area contributed by atoms with Gasteiger partial charge in [0, 0.05) is 12.2 Å². The molecule has 84 valence electrons. The van der Waals surface area contributed by atoms with Gasteiger partial charge in [0.2, 0.25) is 0 Å². The predicted molar refractivity (Wildman–Crippen MR) is 60.0 cm³/mol. The molecule has 1 saturated heterocycles. The summed E-state index contributed by atoms with van der Waals surface area (Å²) in [5.74, 6) is 0.153. The number of nitrogens with zero attached hydrogens (tertiary/aromatic N) is 1. The Balaban J connectivity index is 2.49. The van der Waals surface area contributed by atoms with Crippen molar-refractivity contribution in [1.82, 2.24) is 0 Å². The molecular weight excluding hydrogens is 202 g/mol. The van der Waals surface area contributed by atoms with Crippen LogP contribution in [0.5, 0.6) is 5.75 Å². The highest BCUT2D eigenvalue weighted by molar-refractivity contribution is 5.44. The van der Waals surface area contributed by atoms with Crippen molar-refractivity contribution in [2.24, 2.45) is 0 Å². The first-order valence-corrected chi connectivity index (χ1v) is 5.59. The van der Waals surface area contributed by atoms with Crippen molar-refractivity contribution < 1.29 is 9.84 Å². The largest absolute Gasteiger partial charge is 0.508 e. The van der Waals surface area contributed by atoms with Crippen LogP contribution in [0.1, 0.15) is 30.9 Å². The Morgan fingerprint density at radius 2 is 2.38 bits per heavy atom. The highest BCUT2D eigenvalue weighted by Crippen LogP contribution is 2.40. The highest BCUT2D eigenvalue weighted by atomic mass is 16.5. The lowest BCUT2D eigenvalue weighted by Gasteiger charge is -2.22. The van der Waals surface area contributed by atoms with Gasteiger partial charge in [0.15, 0.2) is 5.60 Å². The van der Waals surface area contributed by atoms with E-state index in [9.17, 15) is 10.4 Å². The van der Waals surface area contributed by atoms with E-state index in [1.807, 2.05) is 19.1 Å². The SMILES string of the molecule is CCc1ccc(O)c(C2(C#N)CCCO2)c1. The van der Waals surface area contributed by atoms with Gasteiger partial charge in [-0.25, -0.2) is 0 Å².